The number of amides is 1. The summed E-state index contributed by atoms with van der Waals surface area (Å²) in [4.78, 5) is 16.4. The number of carbonyl (C=O) groups is 1. The lowest BCUT2D eigenvalue weighted by Gasteiger charge is -2.07. The fourth-order valence-electron chi connectivity index (χ4n) is 2.31. The van der Waals surface area contributed by atoms with E-state index < -0.39 is 0 Å². The zero-order valence-electron chi connectivity index (χ0n) is 13.0. The first-order chi connectivity index (χ1) is 11.5. The Kier molecular flexibility index (Phi) is 4.24. The second-order valence-electron chi connectivity index (χ2n) is 5.38. The molecule has 3 aromatic rings. The molecule has 0 atom stereocenters. The Morgan fingerprint density at radius 3 is 2.71 bits per heavy atom. The maximum Gasteiger partial charge on any atom is 0.256 e. The number of pyridine rings is 1. The highest BCUT2D eigenvalue weighted by Crippen LogP contribution is 2.17. The number of nitrogens with one attached hydrogen (secondary N) is 1. The molecule has 6 nitrogen and oxygen atoms in total. The van der Waals surface area contributed by atoms with E-state index in [9.17, 15) is 9.18 Å². The summed E-state index contributed by atoms with van der Waals surface area (Å²) < 4.78 is 14.4. The smallest absolute Gasteiger partial charge is 0.256 e. The molecule has 1 aromatic carbocycles. The second-order valence-corrected chi connectivity index (χ2v) is 5.38. The summed E-state index contributed by atoms with van der Waals surface area (Å²) in [6, 6.07) is 7.64. The minimum atomic E-state index is -0.353. The first-order valence-electron chi connectivity index (χ1n) is 7.33. The monoisotopic (exact) mass is 325 g/mol. The van der Waals surface area contributed by atoms with Crippen molar-refractivity contribution in [1.29, 1.82) is 0 Å². The van der Waals surface area contributed by atoms with Crippen molar-refractivity contribution in [1.82, 2.24) is 20.1 Å². The van der Waals surface area contributed by atoms with Crippen LogP contribution in [0.4, 0.5) is 10.2 Å². The molecule has 0 saturated carbocycles. The SMILES string of the molecule is Cc1cncc(CNC(=O)c2cnn(-c3ccc(F)cc3)c2N)c1. The number of nitrogens with two attached hydrogens (primary N) is 1. The van der Waals surface area contributed by atoms with E-state index in [0.29, 0.717) is 12.2 Å². The maximum atomic E-state index is 13.0. The van der Waals surface area contributed by atoms with E-state index in [2.05, 4.69) is 15.4 Å². The fourth-order valence-corrected chi connectivity index (χ4v) is 2.31. The van der Waals surface area contributed by atoms with Crippen LogP contribution in [0.15, 0.2) is 48.9 Å². The zero-order valence-corrected chi connectivity index (χ0v) is 13.0. The van der Waals surface area contributed by atoms with Gasteiger partial charge in [0.05, 0.1) is 11.9 Å². The van der Waals surface area contributed by atoms with Crippen molar-refractivity contribution in [2.24, 2.45) is 0 Å². The van der Waals surface area contributed by atoms with Gasteiger partial charge in [-0.05, 0) is 42.3 Å². The normalized spacial score (nSPS) is 10.6. The highest BCUT2D eigenvalue weighted by molar-refractivity contribution is 5.98. The highest BCUT2D eigenvalue weighted by atomic mass is 19.1. The maximum absolute atomic E-state index is 13.0. The predicted molar refractivity (Wildman–Crippen MR) is 88.1 cm³/mol. The molecule has 0 saturated heterocycles. The van der Waals surface area contributed by atoms with Gasteiger partial charge in [0.15, 0.2) is 0 Å². The average Bonchev–Trinajstić information content (AvgIpc) is 2.95. The minimum Gasteiger partial charge on any atom is -0.383 e. The number of hydrogen-bond donors (Lipinski definition) is 2. The number of carbonyl (C=O) groups excluding carboxylic acids is 1. The number of rotatable bonds is 4. The molecule has 0 aliphatic carbocycles. The number of nitrogen functional groups attached to an aromatic ring is 1. The summed E-state index contributed by atoms with van der Waals surface area (Å²) in [6.07, 6.45) is 4.83. The molecule has 122 valence electrons. The van der Waals surface area contributed by atoms with Gasteiger partial charge in [-0.2, -0.15) is 5.10 Å². The van der Waals surface area contributed by atoms with Gasteiger partial charge >= 0.3 is 0 Å². The third-order valence-corrected chi connectivity index (χ3v) is 3.51. The molecule has 1 amide bonds. The second kappa shape index (κ2) is 6.49. The third-order valence-electron chi connectivity index (χ3n) is 3.51. The summed E-state index contributed by atoms with van der Waals surface area (Å²) in [6.45, 7) is 2.28. The molecular formula is C17H16FN5O. The van der Waals surface area contributed by atoms with Gasteiger partial charge < -0.3 is 11.1 Å². The largest absolute Gasteiger partial charge is 0.383 e. The summed E-state index contributed by atoms with van der Waals surface area (Å²) in [5, 5.41) is 6.89. The number of aromatic nitrogens is 3. The van der Waals surface area contributed by atoms with E-state index >= 15 is 0 Å². The van der Waals surface area contributed by atoms with Gasteiger partial charge in [0, 0.05) is 18.9 Å². The van der Waals surface area contributed by atoms with Gasteiger partial charge in [-0.15, -0.1) is 0 Å². The molecule has 0 aliphatic heterocycles. The van der Waals surface area contributed by atoms with Crippen LogP contribution in [0.25, 0.3) is 5.69 Å². The number of halogens is 1. The van der Waals surface area contributed by atoms with Gasteiger partial charge in [-0.1, -0.05) is 6.07 Å². The Balaban J connectivity index is 1.75. The lowest BCUT2D eigenvalue weighted by atomic mass is 10.2. The van der Waals surface area contributed by atoms with Crippen LogP contribution in [-0.4, -0.2) is 20.7 Å². The summed E-state index contributed by atoms with van der Waals surface area (Å²) in [5.41, 5.74) is 8.76. The summed E-state index contributed by atoms with van der Waals surface area (Å²) in [7, 11) is 0. The van der Waals surface area contributed by atoms with E-state index in [1.54, 1.807) is 24.5 Å². The van der Waals surface area contributed by atoms with E-state index in [4.69, 9.17) is 5.73 Å². The van der Waals surface area contributed by atoms with Crippen LogP contribution in [0.5, 0.6) is 0 Å². The van der Waals surface area contributed by atoms with Gasteiger partial charge in [0.1, 0.15) is 17.2 Å². The third kappa shape index (κ3) is 3.24. The molecule has 0 bridgehead atoms. The number of nitrogens with zero attached hydrogens (tertiary/aromatic N) is 3. The van der Waals surface area contributed by atoms with Crippen molar-refractivity contribution >= 4 is 11.7 Å². The van der Waals surface area contributed by atoms with Crippen LogP contribution in [0.3, 0.4) is 0 Å². The molecule has 0 aliphatic rings. The molecule has 0 fully saturated rings. The molecule has 7 heteroatoms. The lowest BCUT2D eigenvalue weighted by Crippen LogP contribution is -2.23. The highest BCUT2D eigenvalue weighted by Gasteiger charge is 2.16. The van der Waals surface area contributed by atoms with Crippen LogP contribution in [0.1, 0.15) is 21.5 Å². The minimum absolute atomic E-state index is 0.196. The number of hydrogen-bond acceptors (Lipinski definition) is 4. The van der Waals surface area contributed by atoms with E-state index in [-0.39, 0.29) is 23.1 Å². The zero-order chi connectivity index (χ0) is 17.1. The van der Waals surface area contributed by atoms with Gasteiger partial charge in [-0.25, -0.2) is 9.07 Å². The Labute approximate surface area is 138 Å². The van der Waals surface area contributed by atoms with Crippen molar-refractivity contribution < 1.29 is 9.18 Å². The summed E-state index contributed by atoms with van der Waals surface area (Å²) in [5.74, 6) is -0.488. The Morgan fingerprint density at radius 1 is 1.25 bits per heavy atom. The molecule has 0 spiro atoms. The van der Waals surface area contributed by atoms with E-state index in [1.807, 2.05) is 13.0 Å². The molecule has 0 unspecified atom stereocenters. The van der Waals surface area contributed by atoms with Gasteiger partial charge in [0.2, 0.25) is 0 Å². The quantitative estimate of drug-likeness (QED) is 0.770. The standard InChI is InChI=1S/C17H16FN5O/c1-11-6-12(8-20-7-11)9-21-17(24)15-10-22-23(16(15)19)14-4-2-13(18)3-5-14/h2-8,10H,9,19H2,1H3,(H,21,24). The molecule has 24 heavy (non-hydrogen) atoms. The topological polar surface area (TPSA) is 85.8 Å². The van der Waals surface area contributed by atoms with Crippen LogP contribution < -0.4 is 11.1 Å². The first kappa shape index (κ1) is 15.7. The van der Waals surface area contributed by atoms with Crippen molar-refractivity contribution in [3.63, 3.8) is 0 Å². The predicted octanol–water partition coefficient (Wildman–Crippen LogP) is 2.23. The Bertz CT molecular complexity index is 873. The van der Waals surface area contributed by atoms with Crippen LogP contribution in [0, 0.1) is 12.7 Å². The molecule has 2 heterocycles. The van der Waals surface area contributed by atoms with Crippen molar-refractivity contribution in [2.75, 3.05) is 5.73 Å². The Morgan fingerprint density at radius 2 is 2.00 bits per heavy atom. The fraction of sp³-hybridized carbons (Fsp3) is 0.118. The Hall–Kier alpha value is -3.22. The van der Waals surface area contributed by atoms with Crippen molar-refractivity contribution in [2.45, 2.75) is 13.5 Å². The van der Waals surface area contributed by atoms with Gasteiger partial charge in [0.25, 0.3) is 5.91 Å². The van der Waals surface area contributed by atoms with Crippen LogP contribution >= 0.6 is 0 Å². The van der Waals surface area contributed by atoms with Crippen LogP contribution in [0.2, 0.25) is 0 Å². The number of benzene rings is 1. The molecule has 3 rings (SSSR count). The lowest BCUT2D eigenvalue weighted by molar-refractivity contribution is 0.0952. The summed E-state index contributed by atoms with van der Waals surface area (Å²) >= 11 is 0. The van der Waals surface area contributed by atoms with Crippen LogP contribution in [-0.2, 0) is 6.54 Å². The molecule has 0 radical (unpaired) electrons. The van der Waals surface area contributed by atoms with Crippen molar-refractivity contribution in [3.05, 3.63) is 71.4 Å². The first-order valence-corrected chi connectivity index (χ1v) is 7.33. The molecule has 2 aromatic heterocycles. The molecule has 3 N–H and O–H groups in total. The van der Waals surface area contributed by atoms with E-state index in [1.165, 1.54) is 23.0 Å². The van der Waals surface area contributed by atoms with Crippen molar-refractivity contribution in [3.8, 4) is 5.69 Å². The van der Waals surface area contributed by atoms with Gasteiger partial charge in [-0.3, -0.25) is 9.78 Å². The number of aryl methyl sites for hydroxylation is 1. The van der Waals surface area contributed by atoms with E-state index in [0.717, 1.165) is 11.1 Å². The molecular weight excluding hydrogens is 309 g/mol. The average molecular weight is 325 g/mol. The number of anilines is 1.